The zero-order valence-electron chi connectivity index (χ0n) is 10.7. The van der Waals surface area contributed by atoms with E-state index in [2.05, 4.69) is 46.5 Å². The molecular weight excluding hydrogens is 186 g/mol. The van der Waals surface area contributed by atoms with E-state index in [1.165, 1.54) is 11.1 Å². The second kappa shape index (κ2) is 4.01. The standard InChI is InChI=1S/C13H23NO/c1-7-13(5,6)12(15)11-9(3)8(2)10(4)14-11/h12,14-15H,7H2,1-6H3. The lowest BCUT2D eigenvalue weighted by atomic mass is 9.81. The fraction of sp³-hybridized carbons (Fsp3) is 0.692. The Labute approximate surface area is 92.7 Å². The lowest BCUT2D eigenvalue weighted by Gasteiger charge is -2.29. The van der Waals surface area contributed by atoms with Gasteiger partial charge in [-0.25, -0.2) is 0 Å². The maximum atomic E-state index is 10.3. The molecule has 2 nitrogen and oxygen atoms in total. The average molecular weight is 209 g/mol. The summed E-state index contributed by atoms with van der Waals surface area (Å²) in [6.45, 7) is 12.5. The number of aromatic nitrogens is 1. The molecule has 0 aromatic carbocycles. The molecule has 0 bridgehead atoms. The Kier molecular flexibility index (Phi) is 3.29. The van der Waals surface area contributed by atoms with Gasteiger partial charge >= 0.3 is 0 Å². The van der Waals surface area contributed by atoms with Crippen LogP contribution >= 0.6 is 0 Å². The van der Waals surface area contributed by atoms with Crippen LogP contribution in [0.2, 0.25) is 0 Å². The van der Waals surface area contributed by atoms with Gasteiger partial charge in [0.15, 0.2) is 0 Å². The van der Waals surface area contributed by atoms with Crippen LogP contribution in [0.5, 0.6) is 0 Å². The molecule has 0 aliphatic carbocycles. The SMILES string of the molecule is CCC(C)(C)C(O)c1[nH]c(C)c(C)c1C. The number of aliphatic hydroxyl groups excluding tert-OH is 1. The van der Waals surface area contributed by atoms with Gasteiger partial charge in [0.25, 0.3) is 0 Å². The highest BCUT2D eigenvalue weighted by atomic mass is 16.3. The molecule has 0 fully saturated rings. The fourth-order valence-electron chi connectivity index (χ4n) is 1.73. The minimum absolute atomic E-state index is 0.0749. The molecule has 0 amide bonds. The van der Waals surface area contributed by atoms with Crippen LogP contribution in [-0.4, -0.2) is 10.1 Å². The summed E-state index contributed by atoms with van der Waals surface area (Å²) in [4.78, 5) is 3.30. The molecule has 2 heteroatoms. The van der Waals surface area contributed by atoms with Crippen LogP contribution in [0.1, 0.15) is 55.8 Å². The first-order valence-electron chi connectivity index (χ1n) is 5.65. The average Bonchev–Trinajstić information content (AvgIpc) is 2.45. The lowest BCUT2D eigenvalue weighted by Crippen LogP contribution is -2.22. The summed E-state index contributed by atoms with van der Waals surface area (Å²) in [6.07, 6.45) is 0.556. The Morgan fingerprint density at radius 3 is 2.07 bits per heavy atom. The summed E-state index contributed by atoms with van der Waals surface area (Å²) in [5.74, 6) is 0. The normalized spacial score (nSPS) is 14.3. The first-order chi connectivity index (χ1) is 6.81. The van der Waals surface area contributed by atoms with Gasteiger partial charge in [0.1, 0.15) is 0 Å². The molecule has 1 rings (SSSR count). The molecule has 0 saturated heterocycles. The number of aromatic amines is 1. The predicted molar refractivity (Wildman–Crippen MR) is 64.0 cm³/mol. The van der Waals surface area contributed by atoms with E-state index in [1.54, 1.807) is 0 Å². The lowest BCUT2D eigenvalue weighted by molar-refractivity contribution is 0.0428. The Morgan fingerprint density at radius 2 is 1.73 bits per heavy atom. The summed E-state index contributed by atoms with van der Waals surface area (Å²) in [5.41, 5.74) is 4.52. The summed E-state index contributed by atoms with van der Waals surface area (Å²) in [6, 6.07) is 0. The number of nitrogens with one attached hydrogen (secondary N) is 1. The van der Waals surface area contributed by atoms with Crippen LogP contribution in [-0.2, 0) is 0 Å². The smallest absolute Gasteiger partial charge is 0.0991 e. The van der Waals surface area contributed by atoms with Crippen molar-refractivity contribution in [1.82, 2.24) is 4.98 Å². The van der Waals surface area contributed by atoms with E-state index in [0.717, 1.165) is 17.8 Å². The minimum atomic E-state index is -0.408. The molecule has 1 atom stereocenters. The highest BCUT2D eigenvalue weighted by molar-refractivity contribution is 5.35. The number of aliphatic hydroxyl groups is 1. The first kappa shape index (κ1) is 12.3. The molecule has 1 unspecified atom stereocenters. The van der Waals surface area contributed by atoms with Crippen molar-refractivity contribution in [2.24, 2.45) is 5.41 Å². The van der Waals surface area contributed by atoms with Crippen molar-refractivity contribution in [2.45, 2.75) is 54.1 Å². The number of hydrogen-bond donors (Lipinski definition) is 2. The topological polar surface area (TPSA) is 36.0 Å². The van der Waals surface area contributed by atoms with Gasteiger partial charge in [-0.3, -0.25) is 0 Å². The van der Waals surface area contributed by atoms with Gasteiger partial charge in [-0.2, -0.15) is 0 Å². The summed E-state index contributed by atoms with van der Waals surface area (Å²) < 4.78 is 0. The second-order valence-electron chi connectivity index (χ2n) is 5.16. The Bertz CT molecular complexity index is 350. The van der Waals surface area contributed by atoms with Gasteiger partial charge in [-0.05, 0) is 43.7 Å². The van der Waals surface area contributed by atoms with Crippen LogP contribution in [0.25, 0.3) is 0 Å². The van der Waals surface area contributed by atoms with Crippen LogP contribution in [0.15, 0.2) is 0 Å². The van der Waals surface area contributed by atoms with E-state index >= 15 is 0 Å². The van der Waals surface area contributed by atoms with Crippen LogP contribution in [0.4, 0.5) is 0 Å². The van der Waals surface area contributed by atoms with Crippen molar-refractivity contribution in [3.63, 3.8) is 0 Å². The fourth-order valence-corrected chi connectivity index (χ4v) is 1.73. The Morgan fingerprint density at radius 1 is 1.20 bits per heavy atom. The van der Waals surface area contributed by atoms with Crippen molar-refractivity contribution in [3.05, 3.63) is 22.5 Å². The second-order valence-corrected chi connectivity index (χ2v) is 5.16. The van der Waals surface area contributed by atoms with Gasteiger partial charge < -0.3 is 10.1 Å². The molecule has 1 aromatic rings. The largest absolute Gasteiger partial charge is 0.386 e. The van der Waals surface area contributed by atoms with Crippen LogP contribution in [0, 0.1) is 26.2 Å². The molecule has 2 N–H and O–H groups in total. The maximum Gasteiger partial charge on any atom is 0.0991 e. The number of aryl methyl sites for hydroxylation is 1. The molecule has 15 heavy (non-hydrogen) atoms. The molecule has 86 valence electrons. The van der Waals surface area contributed by atoms with E-state index in [9.17, 15) is 5.11 Å². The third-order valence-corrected chi connectivity index (χ3v) is 3.78. The zero-order valence-corrected chi connectivity index (χ0v) is 10.7. The molecule has 0 aliphatic heterocycles. The van der Waals surface area contributed by atoms with E-state index in [4.69, 9.17) is 0 Å². The third kappa shape index (κ3) is 2.10. The molecule has 1 aromatic heterocycles. The predicted octanol–water partition coefficient (Wildman–Crippen LogP) is 3.41. The van der Waals surface area contributed by atoms with Crippen molar-refractivity contribution in [1.29, 1.82) is 0 Å². The number of H-pyrrole nitrogens is 1. The Balaban J connectivity index is 3.12. The highest BCUT2D eigenvalue weighted by Crippen LogP contribution is 2.37. The number of hydrogen-bond acceptors (Lipinski definition) is 1. The molecule has 0 spiro atoms. The maximum absolute atomic E-state index is 10.3. The zero-order chi connectivity index (χ0) is 11.8. The molecule has 1 heterocycles. The first-order valence-corrected chi connectivity index (χ1v) is 5.65. The van der Waals surface area contributed by atoms with Gasteiger partial charge in [-0.15, -0.1) is 0 Å². The molecule has 0 saturated carbocycles. The highest BCUT2D eigenvalue weighted by Gasteiger charge is 2.30. The van der Waals surface area contributed by atoms with Crippen molar-refractivity contribution in [3.8, 4) is 0 Å². The van der Waals surface area contributed by atoms with E-state index in [-0.39, 0.29) is 5.41 Å². The van der Waals surface area contributed by atoms with Crippen LogP contribution < -0.4 is 0 Å². The van der Waals surface area contributed by atoms with E-state index in [1.807, 2.05) is 0 Å². The van der Waals surface area contributed by atoms with Gasteiger partial charge in [0.2, 0.25) is 0 Å². The Hall–Kier alpha value is -0.760. The molecular formula is C13H23NO. The van der Waals surface area contributed by atoms with E-state index in [0.29, 0.717) is 0 Å². The van der Waals surface area contributed by atoms with Crippen molar-refractivity contribution < 1.29 is 5.11 Å². The summed E-state index contributed by atoms with van der Waals surface area (Å²) >= 11 is 0. The summed E-state index contributed by atoms with van der Waals surface area (Å²) in [5, 5.41) is 10.3. The van der Waals surface area contributed by atoms with Gasteiger partial charge in [0, 0.05) is 11.4 Å². The van der Waals surface area contributed by atoms with Gasteiger partial charge in [-0.1, -0.05) is 20.8 Å². The summed E-state index contributed by atoms with van der Waals surface area (Å²) in [7, 11) is 0. The van der Waals surface area contributed by atoms with E-state index < -0.39 is 6.10 Å². The molecule has 0 radical (unpaired) electrons. The monoisotopic (exact) mass is 209 g/mol. The van der Waals surface area contributed by atoms with Crippen molar-refractivity contribution in [2.75, 3.05) is 0 Å². The van der Waals surface area contributed by atoms with Gasteiger partial charge in [0.05, 0.1) is 6.10 Å². The minimum Gasteiger partial charge on any atom is -0.386 e. The van der Waals surface area contributed by atoms with Crippen molar-refractivity contribution >= 4 is 0 Å². The quantitative estimate of drug-likeness (QED) is 0.786. The third-order valence-electron chi connectivity index (χ3n) is 3.78. The van der Waals surface area contributed by atoms with Crippen LogP contribution in [0.3, 0.4) is 0 Å². The molecule has 0 aliphatic rings. The number of rotatable bonds is 3.